The molecule has 0 saturated carbocycles. The van der Waals surface area contributed by atoms with E-state index >= 15 is 0 Å². The van der Waals surface area contributed by atoms with Crippen LogP contribution in [0.2, 0.25) is 0 Å². The highest BCUT2D eigenvalue weighted by Gasteiger charge is 2.02. The maximum atomic E-state index is 10.2. The third-order valence-corrected chi connectivity index (χ3v) is 2.20. The first kappa shape index (κ1) is 10.7. The summed E-state index contributed by atoms with van der Waals surface area (Å²) in [6, 6.07) is 8.01. The van der Waals surface area contributed by atoms with Gasteiger partial charge >= 0.3 is 0 Å². The van der Waals surface area contributed by atoms with Gasteiger partial charge in [0.05, 0.1) is 0 Å². The van der Waals surface area contributed by atoms with E-state index in [1.165, 1.54) is 5.56 Å². The van der Waals surface area contributed by atoms with Gasteiger partial charge in [-0.15, -0.1) is 0 Å². The van der Waals surface area contributed by atoms with Gasteiger partial charge < -0.3 is 0 Å². The van der Waals surface area contributed by atoms with Gasteiger partial charge in [0.15, 0.2) is 0 Å². The molecule has 1 aromatic rings. The van der Waals surface area contributed by atoms with E-state index in [2.05, 4.69) is 19.9 Å². The van der Waals surface area contributed by atoms with Crippen LogP contribution >= 0.6 is 0 Å². The van der Waals surface area contributed by atoms with E-state index in [4.69, 9.17) is 0 Å². The predicted molar refractivity (Wildman–Crippen MR) is 56.1 cm³/mol. The fourth-order valence-corrected chi connectivity index (χ4v) is 1.33. The van der Waals surface area contributed by atoms with Gasteiger partial charge in [0, 0.05) is 11.3 Å². The fraction of sp³-hybridized carbons (Fsp3) is 0.455. The molecular formula is C11H15NO2. The second-order valence-electron chi connectivity index (χ2n) is 3.71. The Kier molecular flexibility index (Phi) is 3.63. The van der Waals surface area contributed by atoms with Crippen molar-refractivity contribution in [1.82, 2.24) is 0 Å². The van der Waals surface area contributed by atoms with E-state index in [-0.39, 0.29) is 11.5 Å². The van der Waals surface area contributed by atoms with E-state index in [0.29, 0.717) is 12.3 Å². The Bertz CT molecular complexity index is 321. The number of hydrogen-bond donors (Lipinski definition) is 0. The third-order valence-electron chi connectivity index (χ3n) is 2.20. The first-order valence-electron chi connectivity index (χ1n) is 4.80. The summed E-state index contributed by atoms with van der Waals surface area (Å²) >= 11 is 0. The second kappa shape index (κ2) is 4.74. The summed E-state index contributed by atoms with van der Waals surface area (Å²) in [6.07, 6.45) is 0.521. The van der Waals surface area contributed by atoms with Crippen molar-refractivity contribution in [3.05, 3.63) is 45.5 Å². The van der Waals surface area contributed by atoms with Gasteiger partial charge in [-0.1, -0.05) is 38.1 Å². The molecule has 0 spiro atoms. The highest BCUT2D eigenvalue weighted by atomic mass is 16.6. The van der Waals surface area contributed by atoms with Crippen LogP contribution in [-0.2, 0) is 6.42 Å². The Balaban J connectivity index is 2.68. The van der Waals surface area contributed by atoms with Crippen LogP contribution in [0.3, 0.4) is 0 Å². The normalized spacial score (nSPS) is 10.5. The molecule has 76 valence electrons. The van der Waals surface area contributed by atoms with Gasteiger partial charge in [0.1, 0.15) is 0 Å². The Morgan fingerprint density at radius 2 is 2.14 bits per heavy atom. The minimum absolute atomic E-state index is 0.0154. The van der Waals surface area contributed by atoms with E-state index < -0.39 is 0 Å². The van der Waals surface area contributed by atoms with Crippen molar-refractivity contribution in [1.29, 1.82) is 0 Å². The van der Waals surface area contributed by atoms with E-state index in [0.717, 1.165) is 5.56 Å². The molecule has 0 amide bonds. The smallest absolute Gasteiger partial charge is 0.207 e. The molecule has 0 aliphatic rings. The standard InChI is InChI=1S/C11H15NO2/c1-9(2)11-5-3-4-10(8-11)6-7-12(13)14/h3-5,8-9H,6-7H2,1-2H3. The lowest BCUT2D eigenvalue weighted by atomic mass is 10.00. The van der Waals surface area contributed by atoms with Crippen LogP contribution in [-0.4, -0.2) is 11.5 Å². The molecule has 0 radical (unpaired) electrons. The molecule has 1 aromatic carbocycles. The fourth-order valence-electron chi connectivity index (χ4n) is 1.33. The summed E-state index contributed by atoms with van der Waals surface area (Å²) in [4.78, 5) is 9.92. The predicted octanol–water partition coefficient (Wildman–Crippen LogP) is 2.63. The SMILES string of the molecule is CC(C)c1cccc(CC[N+](=O)[O-])c1. The van der Waals surface area contributed by atoms with Gasteiger partial charge in [0.25, 0.3) is 0 Å². The highest BCUT2D eigenvalue weighted by Crippen LogP contribution is 2.15. The lowest BCUT2D eigenvalue weighted by Crippen LogP contribution is -2.04. The van der Waals surface area contributed by atoms with E-state index in [1.807, 2.05) is 18.2 Å². The van der Waals surface area contributed by atoms with Crippen LogP contribution in [0.4, 0.5) is 0 Å². The van der Waals surface area contributed by atoms with Crippen molar-refractivity contribution in [2.75, 3.05) is 6.54 Å². The van der Waals surface area contributed by atoms with Crippen LogP contribution in [0, 0.1) is 10.1 Å². The lowest BCUT2D eigenvalue weighted by molar-refractivity contribution is -0.479. The molecule has 0 bridgehead atoms. The molecular weight excluding hydrogens is 178 g/mol. The largest absolute Gasteiger partial charge is 0.265 e. The minimum atomic E-state index is -0.276. The summed E-state index contributed by atoms with van der Waals surface area (Å²) in [5.41, 5.74) is 2.29. The van der Waals surface area contributed by atoms with E-state index in [1.54, 1.807) is 0 Å². The molecule has 0 saturated heterocycles. The molecule has 1 rings (SSSR count). The number of rotatable bonds is 4. The van der Waals surface area contributed by atoms with Crippen LogP contribution in [0.25, 0.3) is 0 Å². The molecule has 0 aromatic heterocycles. The van der Waals surface area contributed by atoms with Gasteiger partial charge in [0.2, 0.25) is 6.54 Å². The molecule has 0 aliphatic heterocycles. The van der Waals surface area contributed by atoms with Crippen LogP contribution in [0.5, 0.6) is 0 Å². The summed E-state index contributed by atoms with van der Waals surface area (Å²) in [6.45, 7) is 4.25. The molecule has 0 N–H and O–H groups in total. The van der Waals surface area contributed by atoms with Gasteiger partial charge in [-0.25, -0.2) is 0 Å². The summed E-state index contributed by atoms with van der Waals surface area (Å²) in [5, 5.41) is 10.2. The van der Waals surface area contributed by atoms with Crippen molar-refractivity contribution < 1.29 is 4.92 Å². The molecule has 0 atom stereocenters. The maximum absolute atomic E-state index is 10.2. The van der Waals surface area contributed by atoms with Crippen LogP contribution in [0.1, 0.15) is 30.9 Å². The first-order chi connectivity index (χ1) is 6.59. The van der Waals surface area contributed by atoms with Crippen molar-refractivity contribution in [3.8, 4) is 0 Å². The monoisotopic (exact) mass is 193 g/mol. The zero-order chi connectivity index (χ0) is 10.6. The molecule has 0 fully saturated rings. The van der Waals surface area contributed by atoms with Gasteiger partial charge in [-0.2, -0.15) is 0 Å². The van der Waals surface area contributed by atoms with Crippen molar-refractivity contribution in [3.63, 3.8) is 0 Å². The minimum Gasteiger partial charge on any atom is -0.265 e. The number of hydrogen-bond acceptors (Lipinski definition) is 2. The Morgan fingerprint density at radius 3 is 2.71 bits per heavy atom. The van der Waals surface area contributed by atoms with Crippen molar-refractivity contribution in [2.24, 2.45) is 0 Å². The number of nitrogens with zero attached hydrogens (tertiary/aromatic N) is 1. The molecule has 3 heteroatoms. The zero-order valence-electron chi connectivity index (χ0n) is 8.56. The second-order valence-corrected chi connectivity index (χ2v) is 3.71. The molecule has 0 unspecified atom stereocenters. The topological polar surface area (TPSA) is 43.1 Å². The molecule has 0 aliphatic carbocycles. The van der Waals surface area contributed by atoms with Gasteiger partial charge in [-0.05, 0) is 17.0 Å². The highest BCUT2D eigenvalue weighted by molar-refractivity contribution is 5.25. The quantitative estimate of drug-likeness (QED) is 0.545. The average molecular weight is 193 g/mol. The Labute approximate surface area is 83.9 Å². The van der Waals surface area contributed by atoms with Gasteiger partial charge in [-0.3, -0.25) is 10.1 Å². The van der Waals surface area contributed by atoms with Crippen molar-refractivity contribution >= 4 is 0 Å². The molecule has 0 heterocycles. The summed E-state index contributed by atoms with van der Waals surface area (Å²) in [5.74, 6) is 0.477. The van der Waals surface area contributed by atoms with Crippen LogP contribution in [0.15, 0.2) is 24.3 Å². The third kappa shape index (κ3) is 3.17. The van der Waals surface area contributed by atoms with Crippen molar-refractivity contribution in [2.45, 2.75) is 26.2 Å². The molecule has 14 heavy (non-hydrogen) atoms. The van der Waals surface area contributed by atoms with Crippen LogP contribution < -0.4 is 0 Å². The number of nitro groups is 1. The lowest BCUT2D eigenvalue weighted by Gasteiger charge is -2.06. The maximum Gasteiger partial charge on any atom is 0.207 e. The average Bonchev–Trinajstić information content (AvgIpc) is 2.15. The Hall–Kier alpha value is -1.38. The zero-order valence-corrected chi connectivity index (χ0v) is 8.56. The Morgan fingerprint density at radius 1 is 1.43 bits per heavy atom. The number of benzene rings is 1. The van der Waals surface area contributed by atoms with E-state index in [9.17, 15) is 10.1 Å². The summed E-state index contributed by atoms with van der Waals surface area (Å²) < 4.78 is 0. The first-order valence-corrected chi connectivity index (χ1v) is 4.80. The molecule has 3 nitrogen and oxygen atoms in total. The summed E-state index contributed by atoms with van der Waals surface area (Å²) in [7, 11) is 0.